The van der Waals surface area contributed by atoms with Crippen molar-refractivity contribution in [2.45, 2.75) is 123 Å². The van der Waals surface area contributed by atoms with Crippen molar-refractivity contribution >= 4 is 0 Å². The molecule has 0 bridgehead atoms. The lowest BCUT2D eigenvalue weighted by molar-refractivity contribution is -0.697. The van der Waals surface area contributed by atoms with Crippen LogP contribution in [0.2, 0.25) is 0 Å². The van der Waals surface area contributed by atoms with Crippen LogP contribution < -0.4 is 4.57 Å². The summed E-state index contributed by atoms with van der Waals surface area (Å²) in [6, 6.07) is 4.61. The Morgan fingerprint density at radius 1 is 0.560 bits per heavy atom. The zero-order chi connectivity index (χ0) is 18.0. The second-order valence-corrected chi connectivity index (χ2v) is 7.79. The minimum Gasteiger partial charge on any atom is -0.205 e. The number of unbranched alkanes of at least 4 members (excludes halogenated alkanes) is 13. The lowest BCUT2D eigenvalue weighted by Gasteiger charge is -2.03. The smallest absolute Gasteiger partial charge is 0.169 e. The fourth-order valence-electron chi connectivity index (χ4n) is 3.59. The summed E-state index contributed by atoms with van der Waals surface area (Å²) in [5.41, 5.74) is 1.51. The van der Waals surface area contributed by atoms with E-state index in [0.29, 0.717) is 0 Å². The number of aromatic nitrogens is 1. The minimum absolute atomic E-state index is 1.14. The Labute approximate surface area is 158 Å². The third kappa shape index (κ3) is 13.1. The standard InChI is InChI=1S/C24H44N/c1-3-5-6-7-8-9-10-11-12-13-14-15-16-17-18-24-19-22-25(21-4-2)23-20-24/h19-20,22-23H,3-18,21H2,1-2H3/q+1. The molecule has 1 nitrogen and oxygen atoms in total. The zero-order valence-corrected chi connectivity index (χ0v) is 17.3. The molecule has 1 heteroatoms. The molecule has 0 spiro atoms. The molecule has 1 heterocycles. The molecule has 0 aromatic carbocycles. The maximum Gasteiger partial charge on any atom is 0.169 e. The molecule has 0 N–H and O–H groups in total. The number of rotatable bonds is 17. The van der Waals surface area contributed by atoms with E-state index in [1.807, 2.05) is 0 Å². The van der Waals surface area contributed by atoms with E-state index in [1.54, 1.807) is 0 Å². The Kier molecular flexibility index (Phi) is 14.7. The Bertz CT molecular complexity index is 382. The van der Waals surface area contributed by atoms with Gasteiger partial charge in [0.25, 0.3) is 0 Å². The van der Waals surface area contributed by atoms with Crippen LogP contribution in [0.5, 0.6) is 0 Å². The van der Waals surface area contributed by atoms with Gasteiger partial charge in [-0.1, -0.05) is 97.3 Å². The second kappa shape index (κ2) is 16.6. The first-order valence-corrected chi connectivity index (χ1v) is 11.3. The lowest BCUT2D eigenvalue weighted by Crippen LogP contribution is -2.32. The monoisotopic (exact) mass is 346 g/mol. The van der Waals surface area contributed by atoms with E-state index in [2.05, 4.69) is 42.9 Å². The van der Waals surface area contributed by atoms with Gasteiger partial charge in [0, 0.05) is 18.6 Å². The van der Waals surface area contributed by atoms with Crippen molar-refractivity contribution in [2.24, 2.45) is 0 Å². The molecule has 0 saturated carbocycles. The number of hydrogen-bond acceptors (Lipinski definition) is 0. The molecule has 1 rings (SSSR count). The van der Waals surface area contributed by atoms with Crippen LogP contribution in [0.1, 0.15) is 116 Å². The molecule has 0 saturated heterocycles. The van der Waals surface area contributed by atoms with Crippen molar-refractivity contribution in [2.75, 3.05) is 0 Å². The Hall–Kier alpha value is -0.850. The molecular formula is C24H44N+. The van der Waals surface area contributed by atoms with Gasteiger partial charge in [0.1, 0.15) is 6.54 Å². The Morgan fingerprint density at radius 2 is 1.00 bits per heavy atom. The van der Waals surface area contributed by atoms with Crippen molar-refractivity contribution in [3.63, 3.8) is 0 Å². The summed E-state index contributed by atoms with van der Waals surface area (Å²) in [5.74, 6) is 0. The number of pyridine rings is 1. The molecule has 144 valence electrons. The summed E-state index contributed by atoms with van der Waals surface area (Å²) in [6.07, 6.45) is 27.1. The van der Waals surface area contributed by atoms with Gasteiger partial charge < -0.3 is 0 Å². The second-order valence-electron chi connectivity index (χ2n) is 7.79. The highest BCUT2D eigenvalue weighted by atomic mass is 14.9. The number of nitrogens with zero attached hydrogens (tertiary/aromatic N) is 1. The van der Waals surface area contributed by atoms with Gasteiger partial charge in [-0.2, -0.15) is 0 Å². The molecule has 25 heavy (non-hydrogen) atoms. The highest BCUT2D eigenvalue weighted by Crippen LogP contribution is 2.13. The van der Waals surface area contributed by atoms with Gasteiger partial charge >= 0.3 is 0 Å². The SMILES string of the molecule is CCCCCCCCCCCCCCCCc1cc[n+](CCC)cc1. The highest BCUT2D eigenvalue weighted by Gasteiger charge is 2.00. The van der Waals surface area contributed by atoms with E-state index in [4.69, 9.17) is 0 Å². The average Bonchev–Trinajstić information content (AvgIpc) is 2.63. The van der Waals surface area contributed by atoms with Crippen LogP contribution in [-0.4, -0.2) is 0 Å². The van der Waals surface area contributed by atoms with E-state index in [9.17, 15) is 0 Å². The van der Waals surface area contributed by atoms with Crippen LogP contribution in [0.3, 0.4) is 0 Å². The Balaban J connectivity index is 1.83. The van der Waals surface area contributed by atoms with E-state index in [0.717, 1.165) is 6.54 Å². The van der Waals surface area contributed by atoms with Gasteiger partial charge in [0.05, 0.1) is 0 Å². The normalized spacial score (nSPS) is 11.1. The largest absolute Gasteiger partial charge is 0.205 e. The summed E-state index contributed by atoms with van der Waals surface area (Å²) in [7, 11) is 0. The van der Waals surface area contributed by atoms with Crippen LogP contribution in [0.25, 0.3) is 0 Å². The van der Waals surface area contributed by atoms with Gasteiger partial charge in [-0.25, -0.2) is 4.57 Å². The fraction of sp³-hybridized carbons (Fsp3) is 0.792. The van der Waals surface area contributed by atoms with Crippen molar-refractivity contribution < 1.29 is 4.57 Å². The molecule has 0 aliphatic carbocycles. The van der Waals surface area contributed by atoms with Crippen molar-refractivity contribution in [3.05, 3.63) is 30.1 Å². The summed E-state index contributed by atoms with van der Waals surface area (Å²) in [5, 5.41) is 0. The van der Waals surface area contributed by atoms with E-state index >= 15 is 0 Å². The van der Waals surface area contributed by atoms with E-state index in [1.165, 1.54) is 108 Å². The van der Waals surface area contributed by atoms with Gasteiger partial charge in [-0.05, 0) is 18.4 Å². The molecule has 0 aliphatic heterocycles. The fourth-order valence-corrected chi connectivity index (χ4v) is 3.59. The van der Waals surface area contributed by atoms with Crippen molar-refractivity contribution in [1.82, 2.24) is 0 Å². The maximum atomic E-state index is 2.30. The molecule has 1 aromatic rings. The first-order valence-electron chi connectivity index (χ1n) is 11.3. The average molecular weight is 347 g/mol. The molecular weight excluding hydrogens is 302 g/mol. The van der Waals surface area contributed by atoms with Crippen LogP contribution in [0.15, 0.2) is 24.5 Å². The third-order valence-corrected chi connectivity index (χ3v) is 5.26. The molecule has 0 aliphatic rings. The topological polar surface area (TPSA) is 3.88 Å². The van der Waals surface area contributed by atoms with Crippen molar-refractivity contribution in [1.29, 1.82) is 0 Å². The van der Waals surface area contributed by atoms with Crippen molar-refractivity contribution in [3.8, 4) is 0 Å². The van der Waals surface area contributed by atoms with Crippen LogP contribution in [-0.2, 0) is 13.0 Å². The van der Waals surface area contributed by atoms with Gasteiger partial charge in [-0.15, -0.1) is 0 Å². The van der Waals surface area contributed by atoms with Gasteiger partial charge in [-0.3, -0.25) is 0 Å². The van der Waals surface area contributed by atoms with E-state index < -0.39 is 0 Å². The predicted molar refractivity (Wildman–Crippen MR) is 111 cm³/mol. The summed E-state index contributed by atoms with van der Waals surface area (Å²) in [6.45, 7) is 5.67. The first kappa shape index (κ1) is 22.2. The number of aryl methyl sites for hydroxylation is 2. The maximum absolute atomic E-state index is 2.30. The van der Waals surface area contributed by atoms with Crippen LogP contribution in [0.4, 0.5) is 0 Å². The molecule has 0 amide bonds. The molecule has 0 fully saturated rings. The van der Waals surface area contributed by atoms with E-state index in [-0.39, 0.29) is 0 Å². The van der Waals surface area contributed by atoms with Gasteiger partial charge in [0.2, 0.25) is 0 Å². The van der Waals surface area contributed by atoms with Crippen LogP contribution >= 0.6 is 0 Å². The highest BCUT2D eigenvalue weighted by molar-refractivity contribution is 5.07. The third-order valence-electron chi connectivity index (χ3n) is 5.26. The Morgan fingerprint density at radius 3 is 1.44 bits per heavy atom. The molecule has 1 aromatic heterocycles. The molecule has 0 unspecified atom stereocenters. The summed E-state index contributed by atoms with van der Waals surface area (Å²) >= 11 is 0. The summed E-state index contributed by atoms with van der Waals surface area (Å²) in [4.78, 5) is 0. The molecule has 0 radical (unpaired) electrons. The summed E-state index contributed by atoms with van der Waals surface area (Å²) < 4.78 is 2.29. The number of hydrogen-bond donors (Lipinski definition) is 0. The minimum atomic E-state index is 1.14. The lowest BCUT2D eigenvalue weighted by atomic mass is 10.0. The zero-order valence-electron chi connectivity index (χ0n) is 17.3. The first-order chi connectivity index (χ1) is 12.4. The quantitative estimate of drug-likeness (QED) is 0.204. The van der Waals surface area contributed by atoms with Gasteiger partial charge in [0.15, 0.2) is 12.4 Å². The van der Waals surface area contributed by atoms with Crippen LogP contribution in [0, 0.1) is 0 Å². The molecule has 0 atom stereocenters. The predicted octanol–water partition coefficient (Wildman–Crippen LogP) is 7.41.